The zero-order valence-corrected chi connectivity index (χ0v) is 17.7. The van der Waals surface area contributed by atoms with Crippen molar-refractivity contribution >= 4 is 21.7 Å². The highest BCUT2D eigenvalue weighted by Gasteiger charge is 2.33. The van der Waals surface area contributed by atoms with E-state index >= 15 is 0 Å². The van der Waals surface area contributed by atoms with Crippen LogP contribution in [-0.2, 0) is 10.0 Å². The molecule has 1 aromatic carbocycles. The molecule has 2 aliphatic heterocycles. The summed E-state index contributed by atoms with van der Waals surface area (Å²) in [6.45, 7) is 8.90. The average molecular weight is 412 g/mol. The van der Waals surface area contributed by atoms with E-state index in [0.717, 1.165) is 5.56 Å². The molecule has 0 bridgehead atoms. The van der Waals surface area contributed by atoms with Crippen molar-refractivity contribution in [3.63, 3.8) is 0 Å². The van der Waals surface area contributed by atoms with E-state index < -0.39 is 14.8 Å². The van der Waals surface area contributed by atoms with Gasteiger partial charge < -0.3 is 19.7 Å². The van der Waals surface area contributed by atoms with E-state index in [2.05, 4.69) is 10.0 Å². The monoisotopic (exact) mass is 411 g/mol. The molecule has 8 nitrogen and oxygen atoms in total. The van der Waals surface area contributed by atoms with Gasteiger partial charge in [-0.25, -0.2) is 17.9 Å². The van der Waals surface area contributed by atoms with Gasteiger partial charge in [0.05, 0.1) is 4.75 Å². The Balaban J connectivity index is 1.58. The molecule has 0 atom stereocenters. The summed E-state index contributed by atoms with van der Waals surface area (Å²) in [5, 5.41) is 2.93. The van der Waals surface area contributed by atoms with Crippen molar-refractivity contribution in [3.05, 3.63) is 17.7 Å². The highest BCUT2D eigenvalue weighted by molar-refractivity contribution is 7.90. The van der Waals surface area contributed by atoms with Crippen molar-refractivity contribution < 1.29 is 22.7 Å². The minimum atomic E-state index is -3.39. The van der Waals surface area contributed by atoms with E-state index in [-0.39, 0.29) is 12.1 Å². The molecule has 0 unspecified atom stereocenters. The number of anilines is 1. The molecule has 1 aromatic rings. The number of carbonyl (C=O) groups excluding carboxylic acids is 1. The molecule has 0 aromatic heterocycles. The average Bonchev–Trinajstić information content (AvgIpc) is 2.63. The number of urea groups is 1. The highest BCUT2D eigenvalue weighted by atomic mass is 32.2. The molecule has 2 amide bonds. The number of hydrogen-bond acceptors (Lipinski definition) is 5. The summed E-state index contributed by atoms with van der Waals surface area (Å²) in [6, 6.07) is 3.26. The quantitative estimate of drug-likeness (QED) is 0.796. The molecule has 28 heavy (non-hydrogen) atoms. The van der Waals surface area contributed by atoms with Gasteiger partial charge in [-0.1, -0.05) is 0 Å². The maximum absolute atomic E-state index is 12.6. The minimum absolute atomic E-state index is 0.149. The summed E-state index contributed by atoms with van der Waals surface area (Å²) >= 11 is 0. The lowest BCUT2D eigenvalue weighted by molar-refractivity contribution is 0.170. The van der Waals surface area contributed by atoms with Gasteiger partial charge in [-0.2, -0.15) is 0 Å². The van der Waals surface area contributed by atoms with E-state index in [1.54, 1.807) is 31.7 Å². The van der Waals surface area contributed by atoms with Crippen LogP contribution < -0.4 is 19.5 Å². The topological polar surface area (TPSA) is 97.0 Å². The molecule has 156 valence electrons. The lowest BCUT2D eigenvalue weighted by Gasteiger charge is -2.34. The van der Waals surface area contributed by atoms with Crippen molar-refractivity contribution in [2.45, 2.75) is 51.3 Å². The number of fused-ring (bicyclic) bond motifs is 1. The minimum Gasteiger partial charge on any atom is -0.486 e. The summed E-state index contributed by atoms with van der Waals surface area (Å²) in [7, 11) is -3.39. The smallest absolute Gasteiger partial charge is 0.321 e. The summed E-state index contributed by atoms with van der Waals surface area (Å²) in [5.41, 5.74) is 1.52. The Morgan fingerprint density at radius 1 is 1.14 bits per heavy atom. The van der Waals surface area contributed by atoms with Crippen molar-refractivity contribution in [2.75, 3.05) is 31.6 Å². The fourth-order valence-corrected chi connectivity index (χ4v) is 4.21. The zero-order chi connectivity index (χ0) is 20.5. The number of ether oxygens (including phenoxy) is 2. The van der Waals surface area contributed by atoms with E-state index in [1.165, 1.54) is 0 Å². The Labute approximate surface area is 166 Å². The third-order valence-corrected chi connectivity index (χ3v) is 7.36. The number of nitrogens with zero attached hydrogens (tertiary/aromatic N) is 1. The van der Waals surface area contributed by atoms with E-state index in [0.29, 0.717) is 56.3 Å². The van der Waals surface area contributed by atoms with Crippen LogP contribution in [0, 0.1) is 6.92 Å². The molecule has 1 fully saturated rings. The van der Waals surface area contributed by atoms with E-state index in [9.17, 15) is 13.2 Å². The van der Waals surface area contributed by atoms with Crippen molar-refractivity contribution in [2.24, 2.45) is 0 Å². The van der Waals surface area contributed by atoms with Gasteiger partial charge in [0.25, 0.3) is 0 Å². The van der Waals surface area contributed by atoms with Gasteiger partial charge in [-0.05, 0) is 52.7 Å². The highest BCUT2D eigenvalue weighted by Crippen LogP contribution is 2.37. The predicted octanol–water partition coefficient (Wildman–Crippen LogP) is 2.48. The second-order valence-electron chi connectivity index (χ2n) is 8.19. The van der Waals surface area contributed by atoms with Crippen LogP contribution in [0.4, 0.5) is 10.5 Å². The Morgan fingerprint density at radius 2 is 1.79 bits per heavy atom. The van der Waals surface area contributed by atoms with Crippen LogP contribution in [0.2, 0.25) is 0 Å². The fourth-order valence-electron chi connectivity index (χ4n) is 3.18. The molecule has 3 rings (SSSR count). The number of amides is 2. The third-order valence-electron chi connectivity index (χ3n) is 5.11. The Kier molecular flexibility index (Phi) is 5.77. The molecule has 0 radical (unpaired) electrons. The van der Waals surface area contributed by atoms with Crippen LogP contribution in [0.15, 0.2) is 12.1 Å². The Morgan fingerprint density at radius 3 is 2.43 bits per heavy atom. The molecule has 2 aliphatic rings. The van der Waals surface area contributed by atoms with Crippen molar-refractivity contribution in [3.8, 4) is 11.5 Å². The normalized spacial score (nSPS) is 18.1. The van der Waals surface area contributed by atoms with Crippen LogP contribution in [0.1, 0.15) is 39.2 Å². The number of piperidine rings is 1. The molecule has 0 spiro atoms. The maximum Gasteiger partial charge on any atom is 0.321 e. The molecule has 0 saturated carbocycles. The summed E-state index contributed by atoms with van der Waals surface area (Å²) in [5.74, 6) is 1.35. The Bertz CT molecular complexity index is 840. The van der Waals surface area contributed by atoms with Gasteiger partial charge in [0.15, 0.2) is 11.5 Å². The summed E-state index contributed by atoms with van der Waals surface area (Å²) in [6.07, 6.45) is 1.17. The molecular weight excluding hydrogens is 382 g/mol. The molecule has 1 saturated heterocycles. The lowest BCUT2D eigenvalue weighted by Crippen LogP contribution is -2.50. The summed E-state index contributed by atoms with van der Waals surface area (Å²) in [4.78, 5) is 14.3. The van der Waals surface area contributed by atoms with Gasteiger partial charge in [0.2, 0.25) is 10.0 Å². The molecule has 0 aliphatic carbocycles. The number of nitrogens with one attached hydrogen (secondary N) is 2. The fraction of sp³-hybridized carbons (Fsp3) is 0.632. The number of benzene rings is 1. The molecule has 2 N–H and O–H groups in total. The number of likely N-dealkylation sites (tertiary alicyclic amines) is 1. The molecular formula is C19H29N3O5S. The lowest BCUT2D eigenvalue weighted by atomic mass is 10.1. The first kappa shape index (κ1) is 20.7. The predicted molar refractivity (Wildman–Crippen MR) is 108 cm³/mol. The first-order valence-electron chi connectivity index (χ1n) is 9.55. The van der Waals surface area contributed by atoms with Crippen molar-refractivity contribution in [1.82, 2.24) is 9.62 Å². The van der Waals surface area contributed by atoms with Gasteiger partial charge in [0, 0.05) is 30.4 Å². The van der Waals surface area contributed by atoms with Gasteiger partial charge >= 0.3 is 6.03 Å². The number of hydrogen-bond donors (Lipinski definition) is 2. The first-order valence-corrected chi connectivity index (χ1v) is 11.0. The van der Waals surface area contributed by atoms with Gasteiger partial charge in [0.1, 0.15) is 13.2 Å². The number of carbonyl (C=O) groups is 1. The van der Waals surface area contributed by atoms with Crippen LogP contribution in [0.5, 0.6) is 11.5 Å². The summed E-state index contributed by atoms with van der Waals surface area (Å²) < 4.78 is 37.7. The largest absolute Gasteiger partial charge is 0.486 e. The van der Waals surface area contributed by atoms with Crippen LogP contribution >= 0.6 is 0 Å². The molecule has 9 heteroatoms. The van der Waals surface area contributed by atoms with Crippen LogP contribution in [0.3, 0.4) is 0 Å². The first-order chi connectivity index (χ1) is 13.1. The van der Waals surface area contributed by atoms with E-state index in [1.807, 2.05) is 13.0 Å². The number of sulfonamides is 1. The second kappa shape index (κ2) is 7.79. The Hall–Kier alpha value is -2.00. The van der Waals surface area contributed by atoms with Crippen molar-refractivity contribution in [1.29, 1.82) is 0 Å². The van der Waals surface area contributed by atoms with Gasteiger partial charge in [-0.15, -0.1) is 0 Å². The molecule has 2 heterocycles. The van der Waals surface area contributed by atoms with E-state index in [4.69, 9.17) is 9.47 Å². The number of rotatable bonds is 3. The van der Waals surface area contributed by atoms with Gasteiger partial charge in [-0.3, -0.25) is 0 Å². The van der Waals surface area contributed by atoms with Crippen LogP contribution in [-0.4, -0.2) is 56.4 Å². The third kappa shape index (κ3) is 4.35. The second-order valence-corrected chi connectivity index (χ2v) is 10.7. The SMILES string of the molecule is Cc1c(NC(=O)N2CCC(NS(=O)(=O)C(C)(C)C)CC2)ccc2c1OCCO2. The standard InChI is InChI=1S/C19H29N3O5S/c1-13-15(5-6-16-17(13)27-12-11-26-16)20-18(23)22-9-7-14(8-10-22)21-28(24,25)19(2,3)4/h5-6,14,21H,7-12H2,1-4H3,(H,20,23). The maximum atomic E-state index is 12.6. The van der Waals surface area contributed by atoms with Crippen LogP contribution in [0.25, 0.3) is 0 Å². The zero-order valence-electron chi connectivity index (χ0n) is 16.9.